The van der Waals surface area contributed by atoms with Crippen LogP contribution in [-0.2, 0) is 9.59 Å². The molecule has 1 saturated heterocycles. The highest BCUT2D eigenvalue weighted by Gasteiger charge is 2.49. The fourth-order valence-corrected chi connectivity index (χ4v) is 5.75. The SMILES string of the molecule is CCCCOc1cccc(C(O)=C2C(=O)C(=O)N(c3nc4c(C)cc(C)cc4s3)C2c2ccc(C)o2)c1. The Hall–Kier alpha value is -3.91. The second-order valence-electron chi connectivity index (χ2n) is 9.27. The molecule has 1 aliphatic rings. The second kappa shape index (κ2) is 9.86. The van der Waals surface area contributed by atoms with Crippen molar-refractivity contribution in [3.8, 4) is 5.75 Å². The number of carbonyl (C=O) groups is 2. The van der Waals surface area contributed by atoms with Gasteiger partial charge in [-0.1, -0.05) is 42.9 Å². The largest absolute Gasteiger partial charge is 0.507 e. The molecule has 1 atom stereocenters. The van der Waals surface area contributed by atoms with E-state index in [2.05, 4.69) is 6.92 Å². The molecule has 1 N–H and O–H groups in total. The monoisotopic (exact) mass is 516 g/mol. The summed E-state index contributed by atoms with van der Waals surface area (Å²) in [6.07, 6.45) is 1.90. The lowest BCUT2D eigenvalue weighted by molar-refractivity contribution is -0.132. The van der Waals surface area contributed by atoms with Crippen LogP contribution >= 0.6 is 11.3 Å². The molecule has 8 heteroatoms. The fourth-order valence-electron chi connectivity index (χ4n) is 4.58. The van der Waals surface area contributed by atoms with Gasteiger partial charge in [0, 0.05) is 5.56 Å². The van der Waals surface area contributed by atoms with Crippen LogP contribution in [0.3, 0.4) is 0 Å². The van der Waals surface area contributed by atoms with Gasteiger partial charge in [-0.15, -0.1) is 0 Å². The molecule has 37 heavy (non-hydrogen) atoms. The number of hydrogen-bond donors (Lipinski definition) is 1. The summed E-state index contributed by atoms with van der Waals surface area (Å²) in [5.41, 5.74) is 3.19. The van der Waals surface area contributed by atoms with Crippen molar-refractivity contribution in [2.24, 2.45) is 0 Å². The van der Waals surface area contributed by atoms with Gasteiger partial charge in [0.2, 0.25) is 0 Å². The first kappa shape index (κ1) is 24.8. The average Bonchev–Trinajstić information content (AvgIpc) is 3.55. The van der Waals surface area contributed by atoms with E-state index < -0.39 is 17.7 Å². The maximum atomic E-state index is 13.4. The van der Waals surface area contributed by atoms with Crippen molar-refractivity contribution in [2.45, 2.75) is 46.6 Å². The van der Waals surface area contributed by atoms with E-state index in [1.54, 1.807) is 43.3 Å². The van der Waals surface area contributed by atoms with E-state index in [1.165, 1.54) is 16.2 Å². The van der Waals surface area contributed by atoms with Crippen LogP contribution in [0, 0.1) is 20.8 Å². The molecular weight excluding hydrogens is 488 g/mol. The molecule has 2 aromatic carbocycles. The number of unbranched alkanes of at least 4 members (excludes halogenated alkanes) is 1. The van der Waals surface area contributed by atoms with Crippen LogP contribution in [0.15, 0.2) is 58.5 Å². The lowest BCUT2D eigenvalue weighted by Crippen LogP contribution is -2.29. The molecule has 1 aliphatic heterocycles. The van der Waals surface area contributed by atoms with Gasteiger partial charge in [-0.05, 0) is 68.7 Å². The predicted octanol–water partition coefficient (Wildman–Crippen LogP) is 6.62. The molecule has 1 amide bonds. The van der Waals surface area contributed by atoms with E-state index in [4.69, 9.17) is 14.1 Å². The number of ketones is 1. The number of ether oxygens (including phenoxy) is 1. The normalized spacial score (nSPS) is 17.2. The Balaban J connectivity index is 1.65. The van der Waals surface area contributed by atoms with E-state index in [0.717, 1.165) is 34.2 Å². The fraction of sp³-hybridized carbons (Fsp3) is 0.276. The highest BCUT2D eigenvalue weighted by molar-refractivity contribution is 7.22. The summed E-state index contributed by atoms with van der Waals surface area (Å²) in [5.74, 6) is -0.253. The molecule has 0 aliphatic carbocycles. The number of carbonyl (C=O) groups excluding carboxylic acids is 2. The summed E-state index contributed by atoms with van der Waals surface area (Å²) >= 11 is 1.33. The van der Waals surface area contributed by atoms with Crippen molar-refractivity contribution >= 4 is 44.1 Å². The van der Waals surface area contributed by atoms with Crippen molar-refractivity contribution in [3.63, 3.8) is 0 Å². The molecule has 1 unspecified atom stereocenters. The number of nitrogens with zero attached hydrogens (tertiary/aromatic N) is 2. The van der Waals surface area contributed by atoms with Gasteiger partial charge in [-0.2, -0.15) is 0 Å². The van der Waals surface area contributed by atoms with Gasteiger partial charge in [0.15, 0.2) is 5.13 Å². The zero-order valence-electron chi connectivity index (χ0n) is 21.2. The number of hydrogen-bond acceptors (Lipinski definition) is 7. The minimum Gasteiger partial charge on any atom is -0.507 e. The molecule has 0 radical (unpaired) electrons. The molecule has 190 valence electrons. The van der Waals surface area contributed by atoms with Crippen LogP contribution in [0.5, 0.6) is 5.75 Å². The Morgan fingerprint density at radius 2 is 1.95 bits per heavy atom. The first-order valence-corrected chi connectivity index (χ1v) is 13.1. The Labute approximate surface area is 219 Å². The van der Waals surface area contributed by atoms with Crippen LogP contribution in [0.25, 0.3) is 16.0 Å². The molecule has 4 aromatic rings. The minimum absolute atomic E-state index is 0.0442. The van der Waals surface area contributed by atoms with Gasteiger partial charge in [-0.25, -0.2) is 4.98 Å². The molecule has 0 spiro atoms. The third kappa shape index (κ3) is 4.53. The lowest BCUT2D eigenvalue weighted by atomic mass is 9.99. The van der Waals surface area contributed by atoms with Gasteiger partial charge >= 0.3 is 5.91 Å². The Kier molecular flexibility index (Phi) is 6.60. The van der Waals surface area contributed by atoms with Crippen molar-refractivity contribution in [1.29, 1.82) is 0 Å². The summed E-state index contributed by atoms with van der Waals surface area (Å²) in [6, 6.07) is 13.5. The van der Waals surface area contributed by atoms with E-state index in [-0.39, 0.29) is 11.3 Å². The van der Waals surface area contributed by atoms with Gasteiger partial charge in [0.1, 0.15) is 29.1 Å². The molecule has 0 bridgehead atoms. The number of Topliss-reactive ketones (excluding diaryl/α,β-unsaturated/α-hetero) is 1. The van der Waals surface area contributed by atoms with Gasteiger partial charge in [0.05, 0.1) is 22.4 Å². The number of benzene rings is 2. The Morgan fingerprint density at radius 1 is 1.14 bits per heavy atom. The molecule has 3 heterocycles. The molecule has 1 fully saturated rings. The van der Waals surface area contributed by atoms with Gasteiger partial charge < -0.3 is 14.3 Å². The second-order valence-corrected chi connectivity index (χ2v) is 10.3. The lowest BCUT2D eigenvalue weighted by Gasteiger charge is -2.20. The first-order chi connectivity index (χ1) is 17.8. The zero-order valence-corrected chi connectivity index (χ0v) is 22.0. The number of aryl methyl sites for hydroxylation is 3. The van der Waals surface area contributed by atoms with Crippen LogP contribution < -0.4 is 9.64 Å². The number of aliphatic hydroxyl groups excluding tert-OH is 1. The summed E-state index contributed by atoms with van der Waals surface area (Å²) in [4.78, 5) is 32.9. The maximum absolute atomic E-state index is 13.4. The van der Waals surface area contributed by atoms with Crippen LogP contribution in [-0.4, -0.2) is 28.4 Å². The molecule has 2 aromatic heterocycles. The van der Waals surface area contributed by atoms with Crippen molar-refractivity contribution in [3.05, 3.63) is 82.3 Å². The van der Waals surface area contributed by atoms with Crippen molar-refractivity contribution in [1.82, 2.24) is 4.98 Å². The highest BCUT2D eigenvalue weighted by atomic mass is 32.1. The third-order valence-corrected chi connectivity index (χ3v) is 7.38. The van der Waals surface area contributed by atoms with Crippen LogP contribution in [0.2, 0.25) is 0 Å². The quantitative estimate of drug-likeness (QED) is 0.128. The number of fused-ring (bicyclic) bond motifs is 1. The van der Waals surface area contributed by atoms with E-state index >= 15 is 0 Å². The molecule has 0 saturated carbocycles. The Bertz CT molecular complexity index is 1550. The maximum Gasteiger partial charge on any atom is 0.302 e. The number of aliphatic hydroxyl groups is 1. The van der Waals surface area contributed by atoms with E-state index in [1.807, 2.05) is 26.0 Å². The zero-order chi connectivity index (χ0) is 26.3. The predicted molar refractivity (Wildman–Crippen MR) is 144 cm³/mol. The number of furan rings is 1. The first-order valence-electron chi connectivity index (χ1n) is 12.3. The van der Waals surface area contributed by atoms with Crippen molar-refractivity contribution in [2.75, 3.05) is 11.5 Å². The molecule has 7 nitrogen and oxygen atoms in total. The smallest absolute Gasteiger partial charge is 0.302 e. The topological polar surface area (TPSA) is 92.9 Å². The van der Waals surface area contributed by atoms with Crippen LogP contribution in [0.4, 0.5) is 5.13 Å². The summed E-state index contributed by atoms with van der Waals surface area (Å²) < 4.78 is 12.6. The number of rotatable bonds is 7. The summed E-state index contributed by atoms with van der Waals surface area (Å²) in [7, 11) is 0. The minimum atomic E-state index is -0.958. The number of anilines is 1. The number of amides is 1. The standard InChI is InChI=1S/C29H28N2O5S/c1-5-6-12-35-20-9-7-8-19(15-20)26(32)23-25(21-11-10-18(4)36-21)31(28(34)27(23)33)29-30-24-17(3)13-16(2)14-22(24)37-29/h7-11,13-15,25,32H,5-6,12H2,1-4H3. The number of aromatic nitrogens is 1. The van der Waals surface area contributed by atoms with Crippen molar-refractivity contribution < 1.29 is 23.8 Å². The Morgan fingerprint density at radius 3 is 2.68 bits per heavy atom. The average molecular weight is 517 g/mol. The van der Waals surface area contributed by atoms with Crippen LogP contribution in [0.1, 0.15) is 54.0 Å². The van der Waals surface area contributed by atoms with E-state index in [9.17, 15) is 14.7 Å². The molecule has 5 rings (SSSR count). The van der Waals surface area contributed by atoms with Gasteiger partial charge in [-0.3, -0.25) is 14.5 Å². The third-order valence-electron chi connectivity index (χ3n) is 6.37. The highest BCUT2D eigenvalue weighted by Crippen LogP contribution is 2.45. The molecular formula is C29H28N2O5S. The van der Waals surface area contributed by atoms with Gasteiger partial charge in [0.25, 0.3) is 5.78 Å². The summed E-state index contributed by atoms with van der Waals surface area (Å²) in [6.45, 7) is 8.39. The van der Waals surface area contributed by atoms with E-state index in [0.29, 0.717) is 34.6 Å². The summed E-state index contributed by atoms with van der Waals surface area (Å²) in [5, 5.41) is 11.8. The number of thiazole rings is 1.